The summed E-state index contributed by atoms with van der Waals surface area (Å²) in [6.45, 7) is 3.51. The van der Waals surface area contributed by atoms with Gasteiger partial charge in [-0.25, -0.2) is 9.13 Å². The van der Waals surface area contributed by atoms with E-state index in [1.165, 1.54) is 35.8 Å². The molecule has 1 aromatic heterocycles. The van der Waals surface area contributed by atoms with Crippen LogP contribution in [0.3, 0.4) is 0 Å². The second-order valence-corrected chi connectivity index (χ2v) is 6.12. The van der Waals surface area contributed by atoms with Crippen LogP contribution < -0.4 is 9.88 Å². The Labute approximate surface area is 135 Å². The standard InChI is InChI=1S/C19H19N3O/c1-14(23)20-16-10-8-15(9-11-16)13-22-18-6-3-2-5-17(18)21-12-4-7-19(21)22/h2-3,5-6,8-11H,4,7,12-13H2,1H3/p+1. The predicted octanol–water partition coefficient (Wildman–Crippen LogP) is 2.88. The van der Waals surface area contributed by atoms with Gasteiger partial charge in [-0.05, 0) is 36.2 Å². The van der Waals surface area contributed by atoms with E-state index in [0.29, 0.717) is 0 Å². The third-order valence-electron chi connectivity index (χ3n) is 4.48. The minimum atomic E-state index is -0.0385. The summed E-state index contributed by atoms with van der Waals surface area (Å²) in [4.78, 5) is 11.1. The predicted molar refractivity (Wildman–Crippen MR) is 90.3 cm³/mol. The number of benzene rings is 2. The lowest BCUT2D eigenvalue weighted by molar-refractivity contribution is -0.665. The molecular weight excluding hydrogens is 286 g/mol. The second-order valence-electron chi connectivity index (χ2n) is 6.12. The van der Waals surface area contributed by atoms with Gasteiger partial charge in [0.1, 0.15) is 6.54 Å². The van der Waals surface area contributed by atoms with Gasteiger partial charge in [0.2, 0.25) is 5.91 Å². The minimum absolute atomic E-state index is 0.0385. The molecule has 0 aliphatic carbocycles. The fourth-order valence-corrected chi connectivity index (χ4v) is 3.51. The molecule has 1 aliphatic rings. The molecule has 0 spiro atoms. The van der Waals surface area contributed by atoms with Gasteiger partial charge in [-0.2, -0.15) is 0 Å². The normalized spacial score (nSPS) is 13.3. The molecule has 0 atom stereocenters. The quantitative estimate of drug-likeness (QED) is 0.742. The van der Waals surface area contributed by atoms with E-state index in [-0.39, 0.29) is 5.91 Å². The summed E-state index contributed by atoms with van der Waals surface area (Å²) in [6, 6.07) is 16.7. The topological polar surface area (TPSA) is 37.9 Å². The van der Waals surface area contributed by atoms with Crippen molar-refractivity contribution >= 4 is 22.6 Å². The van der Waals surface area contributed by atoms with Crippen molar-refractivity contribution in [3.05, 3.63) is 59.9 Å². The first-order valence-corrected chi connectivity index (χ1v) is 8.09. The zero-order valence-corrected chi connectivity index (χ0v) is 13.2. The van der Waals surface area contributed by atoms with Gasteiger partial charge < -0.3 is 5.32 Å². The van der Waals surface area contributed by atoms with Crippen LogP contribution in [-0.2, 0) is 24.3 Å². The molecule has 4 nitrogen and oxygen atoms in total. The van der Waals surface area contributed by atoms with Crippen LogP contribution in [0.15, 0.2) is 48.5 Å². The van der Waals surface area contributed by atoms with Crippen molar-refractivity contribution in [1.82, 2.24) is 4.57 Å². The van der Waals surface area contributed by atoms with Crippen molar-refractivity contribution in [2.75, 3.05) is 5.32 Å². The van der Waals surface area contributed by atoms with Gasteiger partial charge >= 0.3 is 0 Å². The van der Waals surface area contributed by atoms with E-state index in [9.17, 15) is 4.79 Å². The monoisotopic (exact) mass is 306 g/mol. The minimum Gasteiger partial charge on any atom is -0.326 e. The maximum atomic E-state index is 11.1. The fourth-order valence-electron chi connectivity index (χ4n) is 3.51. The third kappa shape index (κ3) is 2.50. The van der Waals surface area contributed by atoms with Crippen LogP contribution in [0.5, 0.6) is 0 Å². The summed E-state index contributed by atoms with van der Waals surface area (Å²) in [5.74, 6) is 1.38. The number of aromatic nitrogens is 2. The highest BCUT2D eigenvalue weighted by atomic mass is 16.1. The fraction of sp³-hybridized carbons (Fsp3) is 0.263. The number of rotatable bonds is 3. The van der Waals surface area contributed by atoms with Crippen molar-refractivity contribution < 1.29 is 9.36 Å². The molecule has 4 heteroatoms. The Morgan fingerprint density at radius 1 is 1.17 bits per heavy atom. The highest BCUT2D eigenvalue weighted by Crippen LogP contribution is 2.21. The van der Waals surface area contributed by atoms with Gasteiger partial charge in [-0.3, -0.25) is 4.79 Å². The molecule has 1 N–H and O–H groups in total. The molecule has 0 unspecified atom stereocenters. The van der Waals surface area contributed by atoms with E-state index in [1.54, 1.807) is 0 Å². The van der Waals surface area contributed by atoms with Gasteiger partial charge in [0.15, 0.2) is 11.0 Å². The summed E-state index contributed by atoms with van der Waals surface area (Å²) in [6.07, 6.45) is 2.36. The Kier molecular flexibility index (Phi) is 3.37. The summed E-state index contributed by atoms with van der Waals surface area (Å²) in [5.41, 5.74) is 4.72. The van der Waals surface area contributed by atoms with E-state index < -0.39 is 0 Å². The first-order valence-electron chi connectivity index (χ1n) is 8.09. The lowest BCUT2D eigenvalue weighted by Crippen LogP contribution is -2.32. The number of hydrogen-bond acceptors (Lipinski definition) is 1. The van der Waals surface area contributed by atoms with E-state index in [1.807, 2.05) is 12.1 Å². The molecule has 2 heterocycles. The number of carbonyl (C=O) groups is 1. The Hall–Kier alpha value is -2.62. The SMILES string of the molecule is CC(=O)Nc1ccc(Cn2c3[n+](c4ccccc42)CCC3)cc1. The lowest BCUT2D eigenvalue weighted by Gasteiger charge is -2.05. The van der Waals surface area contributed by atoms with Crippen LogP contribution in [0.2, 0.25) is 0 Å². The Morgan fingerprint density at radius 3 is 2.74 bits per heavy atom. The van der Waals surface area contributed by atoms with Crippen LogP contribution >= 0.6 is 0 Å². The largest absolute Gasteiger partial charge is 0.326 e. The number of carbonyl (C=O) groups excluding carboxylic acids is 1. The highest BCUT2D eigenvalue weighted by molar-refractivity contribution is 5.88. The molecule has 1 aliphatic heterocycles. The number of anilines is 1. The molecule has 116 valence electrons. The molecule has 0 saturated carbocycles. The van der Waals surface area contributed by atoms with Gasteiger partial charge in [0, 0.05) is 12.6 Å². The lowest BCUT2D eigenvalue weighted by atomic mass is 10.2. The Balaban J connectivity index is 1.69. The molecule has 4 rings (SSSR count). The number of nitrogens with one attached hydrogen (secondary N) is 1. The van der Waals surface area contributed by atoms with Crippen LogP contribution in [0.4, 0.5) is 5.69 Å². The van der Waals surface area contributed by atoms with Crippen LogP contribution in [0.25, 0.3) is 11.0 Å². The van der Waals surface area contributed by atoms with Gasteiger partial charge in [-0.15, -0.1) is 0 Å². The van der Waals surface area contributed by atoms with Crippen molar-refractivity contribution in [2.45, 2.75) is 32.9 Å². The number of hydrogen-bond donors (Lipinski definition) is 1. The summed E-state index contributed by atoms with van der Waals surface area (Å²) in [7, 11) is 0. The third-order valence-corrected chi connectivity index (χ3v) is 4.48. The summed E-state index contributed by atoms with van der Waals surface area (Å²) in [5, 5.41) is 2.81. The molecule has 0 saturated heterocycles. The molecule has 23 heavy (non-hydrogen) atoms. The maximum absolute atomic E-state index is 11.1. The molecule has 1 amide bonds. The first kappa shape index (κ1) is 14.0. The number of para-hydroxylation sites is 2. The molecule has 0 fully saturated rings. The molecule has 3 aromatic rings. The van der Waals surface area contributed by atoms with Gasteiger partial charge in [0.05, 0.1) is 13.0 Å². The average molecular weight is 306 g/mol. The zero-order valence-electron chi connectivity index (χ0n) is 13.2. The number of nitrogens with zero attached hydrogens (tertiary/aromatic N) is 2. The van der Waals surface area contributed by atoms with Crippen LogP contribution in [-0.4, -0.2) is 10.5 Å². The summed E-state index contributed by atoms with van der Waals surface area (Å²) >= 11 is 0. The van der Waals surface area contributed by atoms with E-state index in [2.05, 4.69) is 50.8 Å². The number of aryl methyl sites for hydroxylation is 1. The smallest absolute Gasteiger partial charge is 0.257 e. The Bertz CT molecular complexity index is 878. The summed E-state index contributed by atoms with van der Waals surface area (Å²) < 4.78 is 4.87. The van der Waals surface area contributed by atoms with Gasteiger partial charge in [-0.1, -0.05) is 24.3 Å². The average Bonchev–Trinajstić information content (AvgIpc) is 3.12. The molecule has 0 radical (unpaired) electrons. The van der Waals surface area contributed by atoms with Gasteiger partial charge in [0.25, 0.3) is 5.82 Å². The van der Waals surface area contributed by atoms with E-state index in [0.717, 1.165) is 25.2 Å². The molecular formula is C19H20N3O+. The number of imidazole rings is 1. The van der Waals surface area contributed by atoms with Crippen LogP contribution in [0.1, 0.15) is 24.7 Å². The Morgan fingerprint density at radius 2 is 1.96 bits per heavy atom. The van der Waals surface area contributed by atoms with Crippen molar-refractivity contribution in [3.63, 3.8) is 0 Å². The zero-order chi connectivity index (χ0) is 15.8. The number of fused-ring (bicyclic) bond motifs is 3. The second kappa shape index (κ2) is 5.54. The molecule has 0 bridgehead atoms. The van der Waals surface area contributed by atoms with Crippen molar-refractivity contribution in [2.24, 2.45) is 0 Å². The van der Waals surface area contributed by atoms with Crippen LogP contribution in [0, 0.1) is 0 Å². The maximum Gasteiger partial charge on any atom is 0.257 e. The van der Waals surface area contributed by atoms with Crippen molar-refractivity contribution in [1.29, 1.82) is 0 Å². The highest BCUT2D eigenvalue weighted by Gasteiger charge is 2.28. The number of amides is 1. The van der Waals surface area contributed by atoms with Crippen molar-refractivity contribution in [3.8, 4) is 0 Å². The molecule has 2 aromatic carbocycles. The first-order chi connectivity index (χ1) is 11.2. The van der Waals surface area contributed by atoms with E-state index in [4.69, 9.17) is 0 Å². The van der Waals surface area contributed by atoms with E-state index >= 15 is 0 Å².